The van der Waals surface area contributed by atoms with Crippen LogP contribution in [0.1, 0.15) is 37.8 Å². The van der Waals surface area contributed by atoms with Crippen LogP contribution < -0.4 is 15.4 Å². The lowest BCUT2D eigenvalue weighted by Crippen LogP contribution is -2.27. The maximum absolute atomic E-state index is 5.29. The molecule has 1 fully saturated rings. The number of rotatable bonds is 8. The molecule has 0 radical (unpaired) electrons. The van der Waals surface area contributed by atoms with Crippen molar-refractivity contribution >= 4 is 11.9 Å². The molecule has 0 amide bonds. The third kappa shape index (κ3) is 4.82. The van der Waals surface area contributed by atoms with Crippen molar-refractivity contribution in [2.75, 3.05) is 37.9 Å². The van der Waals surface area contributed by atoms with Gasteiger partial charge in [0.15, 0.2) is 0 Å². The van der Waals surface area contributed by atoms with Gasteiger partial charge in [0.05, 0.1) is 13.2 Å². The number of nitrogens with zero attached hydrogens (tertiary/aromatic N) is 4. The third-order valence-electron chi connectivity index (χ3n) is 4.94. The predicted molar refractivity (Wildman–Crippen MR) is 104 cm³/mol. The van der Waals surface area contributed by atoms with Gasteiger partial charge in [-0.3, -0.25) is 0 Å². The quantitative estimate of drug-likeness (QED) is 0.753. The molecule has 26 heavy (non-hydrogen) atoms. The van der Waals surface area contributed by atoms with Crippen LogP contribution in [0.2, 0.25) is 0 Å². The largest absolute Gasteiger partial charge is 0.497 e. The zero-order chi connectivity index (χ0) is 18.4. The van der Waals surface area contributed by atoms with Crippen LogP contribution in [-0.4, -0.2) is 53.1 Å². The molecule has 7 heteroatoms. The Morgan fingerprint density at radius 1 is 1.31 bits per heavy atom. The number of likely N-dealkylation sites (tertiary alicyclic amines) is 1. The Morgan fingerprint density at radius 2 is 2.15 bits per heavy atom. The first-order valence-corrected chi connectivity index (χ1v) is 9.19. The van der Waals surface area contributed by atoms with Gasteiger partial charge in [0.1, 0.15) is 12.1 Å². The standard InChI is InChI=1S/C19H28N6O/c1-14(15-6-4-8-17(12-15)26-3)23-19-22-13-21-18(24-19)20-10-9-16-7-5-11-25(16)2/h4,6,8,12-14,16H,5,7,9-11H2,1-3H3,(H2,20,21,22,23,24). The topological polar surface area (TPSA) is 75.2 Å². The van der Waals surface area contributed by atoms with Crippen molar-refractivity contribution < 1.29 is 4.74 Å². The van der Waals surface area contributed by atoms with E-state index in [1.54, 1.807) is 7.11 Å². The van der Waals surface area contributed by atoms with Crippen LogP contribution >= 0.6 is 0 Å². The number of methoxy groups -OCH3 is 1. The number of anilines is 2. The Bertz CT molecular complexity index is 710. The first-order chi connectivity index (χ1) is 12.7. The summed E-state index contributed by atoms with van der Waals surface area (Å²) in [4.78, 5) is 15.4. The van der Waals surface area contributed by atoms with E-state index >= 15 is 0 Å². The van der Waals surface area contributed by atoms with Crippen LogP contribution in [0.5, 0.6) is 5.75 Å². The van der Waals surface area contributed by atoms with E-state index in [2.05, 4.69) is 50.5 Å². The molecule has 2 N–H and O–H groups in total. The first-order valence-electron chi connectivity index (χ1n) is 9.19. The second-order valence-electron chi connectivity index (χ2n) is 6.77. The number of aromatic nitrogens is 3. The highest BCUT2D eigenvalue weighted by Gasteiger charge is 2.20. The highest BCUT2D eigenvalue weighted by molar-refractivity contribution is 5.38. The molecule has 1 aliphatic rings. The van der Waals surface area contributed by atoms with Crippen LogP contribution in [0.4, 0.5) is 11.9 Å². The van der Waals surface area contributed by atoms with Gasteiger partial charge in [-0.2, -0.15) is 4.98 Å². The van der Waals surface area contributed by atoms with Crippen LogP contribution in [0.3, 0.4) is 0 Å². The van der Waals surface area contributed by atoms with E-state index in [0.29, 0.717) is 17.9 Å². The number of hydrogen-bond donors (Lipinski definition) is 2. The zero-order valence-corrected chi connectivity index (χ0v) is 15.8. The highest BCUT2D eigenvalue weighted by Crippen LogP contribution is 2.21. The molecular weight excluding hydrogens is 328 g/mol. The lowest BCUT2D eigenvalue weighted by atomic mass is 10.1. The fourth-order valence-electron chi connectivity index (χ4n) is 3.33. The van der Waals surface area contributed by atoms with Gasteiger partial charge < -0.3 is 20.3 Å². The van der Waals surface area contributed by atoms with E-state index in [1.807, 2.05) is 18.2 Å². The minimum absolute atomic E-state index is 0.0625. The summed E-state index contributed by atoms with van der Waals surface area (Å²) in [5.41, 5.74) is 1.11. The Labute approximate surface area is 155 Å². The summed E-state index contributed by atoms with van der Waals surface area (Å²) in [5, 5.41) is 6.64. The van der Waals surface area contributed by atoms with Crippen molar-refractivity contribution in [2.24, 2.45) is 0 Å². The summed E-state index contributed by atoms with van der Waals surface area (Å²) in [7, 11) is 3.87. The molecule has 1 aliphatic heterocycles. The van der Waals surface area contributed by atoms with Crippen molar-refractivity contribution in [3.63, 3.8) is 0 Å². The van der Waals surface area contributed by atoms with Gasteiger partial charge in [0.25, 0.3) is 0 Å². The van der Waals surface area contributed by atoms with Crippen LogP contribution in [0.25, 0.3) is 0 Å². The number of nitrogens with one attached hydrogen (secondary N) is 2. The fourth-order valence-corrected chi connectivity index (χ4v) is 3.33. The maximum atomic E-state index is 5.29. The molecule has 1 aromatic heterocycles. The predicted octanol–water partition coefficient (Wildman–Crippen LogP) is 2.95. The smallest absolute Gasteiger partial charge is 0.227 e. The molecule has 0 saturated carbocycles. The van der Waals surface area contributed by atoms with Crippen molar-refractivity contribution in [2.45, 2.75) is 38.3 Å². The average Bonchev–Trinajstić information content (AvgIpc) is 3.07. The Balaban J connectivity index is 1.54. The molecule has 1 aromatic carbocycles. The Morgan fingerprint density at radius 3 is 2.92 bits per heavy atom. The fraction of sp³-hybridized carbons (Fsp3) is 0.526. The van der Waals surface area contributed by atoms with Crippen LogP contribution in [0, 0.1) is 0 Å². The summed E-state index contributed by atoms with van der Waals surface area (Å²) in [6.07, 6.45) is 5.21. The van der Waals surface area contributed by atoms with Gasteiger partial charge in [-0.25, -0.2) is 9.97 Å². The molecule has 0 aliphatic carbocycles. The van der Waals surface area contributed by atoms with Gasteiger partial charge >= 0.3 is 0 Å². The van der Waals surface area contributed by atoms with Crippen LogP contribution in [0.15, 0.2) is 30.6 Å². The zero-order valence-electron chi connectivity index (χ0n) is 15.8. The average molecular weight is 356 g/mol. The van der Waals surface area contributed by atoms with E-state index < -0.39 is 0 Å². The van der Waals surface area contributed by atoms with E-state index in [4.69, 9.17) is 4.74 Å². The number of benzene rings is 1. The Hall–Kier alpha value is -2.41. The summed E-state index contributed by atoms with van der Waals surface area (Å²) in [5.74, 6) is 2.02. The second kappa shape index (κ2) is 8.80. The number of hydrogen-bond acceptors (Lipinski definition) is 7. The first kappa shape index (κ1) is 18.4. The minimum atomic E-state index is 0.0625. The van der Waals surface area contributed by atoms with Crippen molar-refractivity contribution in [3.8, 4) is 5.75 Å². The maximum Gasteiger partial charge on any atom is 0.227 e. The lowest BCUT2D eigenvalue weighted by Gasteiger charge is -2.19. The van der Waals surface area contributed by atoms with Gasteiger partial charge in [0.2, 0.25) is 11.9 Å². The molecule has 0 spiro atoms. The van der Waals surface area contributed by atoms with E-state index in [9.17, 15) is 0 Å². The highest BCUT2D eigenvalue weighted by atomic mass is 16.5. The van der Waals surface area contributed by atoms with Crippen molar-refractivity contribution in [1.29, 1.82) is 0 Å². The molecule has 7 nitrogen and oxygen atoms in total. The third-order valence-corrected chi connectivity index (χ3v) is 4.94. The van der Waals surface area contributed by atoms with Crippen molar-refractivity contribution in [1.82, 2.24) is 19.9 Å². The molecule has 2 unspecified atom stereocenters. The van der Waals surface area contributed by atoms with Gasteiger partial charge in [-0.05, 0) is 57.5 Å². The van der Waals surface area contributed by atoms with E-state index in [-0.39, 0.29) is 6.04 Å². The molecule has 0 bridgehead atoms. The summed E-state index contributed by atoms with van der Waals surface area (Å²) in [6.45, 7) is 4.14. The lowest BCUT2D eigenvalue weighted by molar-refractivity contribution is 0.301. The molecule has 1 saturated heterocycles. The molecule has 140 valence electrons. The molecular formula is C19H28N6O. The SMILES string of the molecule is COc1cccc(C(C)Nc2ncnc(NCCC3CCCN3C)n2)c1. The summed E-state index contributed by atoms with van der Waals surface area (Å²) in [6, 6.07) is 8.70. The minimum Gasteiger partial charge on any atom is -0.497 e. The Kier molecular flexibility index (Phi) is 6.22. The molecule has 2 atom stereocenters. The molecule has 2 heterocycles. The normalized spacial score (nSPS) is 18.5. The van der Waals surface area contributed by atoms with Gasteiger partial charge in [0, 0.05) is 12.6 Å². The molecule has 2 aromatic rings. The summed E-state index contributed by atoms with van der Waals surface area (Å²) < 4.78 is 5.29. The van der Waals surface area contributed by atoms with Crippen LogP contribution in [-0.2, 0) is 0 Å². The second-order valence-corrected chi connectivity index (χ2v) is 6.77. The van der Waals surface area contributed by atoms with Gasteiger partial charge in [-0.1, -0.05) is 12.1 Å². The van der Waals surface area contributed by atoms with E-state index in [1.165, 1.54) is 25.7 Å². The van der Waals surface area contributed by atoms with Crippen molar-refractivity contribution in [3.05, 3.63) is 36.2 Å². The monoisotopic (exact) mass is 356 g/mol. The van der Waals surface area contributed by atoms with Gasteiger partial charge in [-0.15, -0.1) is 0 Å². The van der Waals surface area contributed by atoms with E-state index in [0.717, 1.165) is 24.3 Å². The molecule has 3 rings (SSSR count). The number of ether oxygens (including phenoxy) is 1. The summed E-state index contributed by atoms with van der Waals surface area (Å²) >= 11 is 0.